The van der Waals surface area contributed by atoms with E-state index in [1.54, 1.807) is 30.4 Å². The van der Waals surface area contributed by atoms with Crippen LogP contribution in [-0.4, -0.2) is 64.1 Å². The van der Waals surface area contributed by atoms with E-state index in [9.17, 15) is 9.59 Å². The molecule has 2 aromatic rings. The Hall–Kier alpha value is -2.70. The average Bonchev–Trinajstić information content (AvgIpc) is 2.79. The van der Waals surface area contributed by atoms with Crippen molar-refractivity contribution < 1.29 is 14.3 Å². The number of aromatic nitrogens is 2. The van der Waals surface area contributed by atoms with Crippen molar-refractivity contribution in [1.29, 1.82) is 0 Å². The Bertz CT molecular complexity index is 835. The highest BCUT2D eigenvalue weighted by atomic mass is 16.6. The van der Waals surface area contributed by atoms with E-state index in [0.29, 0.717) is 42.7 Å². The van der Waals surface area contributed by atoms with Crippen molar-refractivity contribution in [3.8, 4) is 0 Å². The number of likely N-dealkylation sites (N-methyl/N-ethyl adjacent to an activating group) is 1. The van der Waals surface area contributed by atoms with E-state index in [2.05, 4.69) is 9.97 Å². The van der Waals surface area contributed by atoms with E-state index >= 15 is 0 Å². The molecule has 0 saturated carbocycles. The summed E-state index contributed by atoms with van der Waals surface area (Å²) in [5.41, 5.74) is 1.45. The molecule has 1 spiro atoms. The molecule has 0 radical (unpaired) electrons. The monoisotopic (exact) mass is 340 g/mol. The molecule has 1 aromatic heterocycles. The number of para-hydroxylation sites is 1. The summed E-state index contributed by atoms with van der Waals surface area (Å²) >= 11 is 0. The molecule has 0 unspecified atom stereocenters. The second kappa shape index (κ2) is 5.98. The zero-order valence-electron chi connectivity index (χ0n) is 14.1. The van der Waals surface area contributed by atoms with Gasteiger partial charge in [0.25, 0.3) is 5.91 Å². The minimum absolute atomic E-state index is 0.0409. The van der Waals surface area contributed by atoms with Crippen molar-refractivity contribution >= 4 is 23.0 Å². The van der Waals surface area contributed by atoms with Crippen molar-refractivity contribution in [2.45, 2.75) is 24.9 Å². The van der Waals surface area contributed by atoms with Crippen LogP contribution in [0.3, 0.4) is 0 Å². The Morgan fingerprint density at radius 1 is 1.20 bits per heavy atom. The number of carbonyl (C=O) groups excluding carboxylic acids is 2. The number of benzene rings is 1. The number of nitrogens with zero attached hydrogens (tertiary/aromatic N) is 4. The van der Waals surface area contributed by atoms with Crippen LogP contribution in [0, 0.1) is 0 Å². The van der Waals surface area contributed by atoms with E-state index in [-0.39, 0.29) is 12.0 Å². The van der Waals surface area contributed by atoms with Crippen LogP contribution in [-0.2, 0) is 4.74 Å². The van der Waals surface area contributed by atoms with E-state index < -0.39 is 5.60 Å². The molecule has 7 heteroatoms. The Morgan fingerprint density at radius 2 is 2.04 bits per heavy atom. The van der Waals surface area contributed by atoms with Gasteiger partial charge in [-0.2, -0.15) is 0 Å². The maximum absolute atomic E-state index is 13.0. The van der Waals surface area contributed by atoms with E-state index in [4.69, 9.17) is 4.74 Å². The molecule has 0 bridgehead atoms. The standard InChI is InChI=1S/C18H20N4O3/c1-21-12-18(25-17(21)24)6-3-10-22(11-7-18)16(23)13-4-2-5-14-15(13)20-9-8-19-14/h2,4-5,8-9H,3,6-7,10-12H2,1H3/t18-/m1/s1. The van der Waals surface area contributed by atoms with Crippen molar-refractivity contribution in [2.24, 2.45) is 0 Å². The highest BCUT2D eigenvalue weighted by Crippen LogP contribution is 2.33. The summed E-state index contributed by atoms with van der Waals surface area (Å²) in [6.45, 7) is 1.81. The molecule has 1 aromatic carbocycles. The van der Waals surface area contributed by atoms with Crippen LogP contribution in [0.2, 0.25) is 0 Å². The van der Waals surface area contributed by atoms with Crippen molar-refractivity contribution in [2.75, 3.05) is 26.7 Å². The number of fused-ring (bicyclic) bond motifs is 1. The van der Waals surface area contributed by atoms with Crippen molar-refractivity contribution in [1.82, 2.24) is 19.8 Å². The third kappa shape index (κ3) is 2.79. The fraction of sp³-hybridized carbons (Fsp3) is 0.444. The second-order valence-electron chi connectivity index (χ2n) is 6.78. The third-order valence-electron chi connectivity index (χ3n) is 5.05. The lowest BCUT2D eigenvalue weighted by Gasteiger charge is -2.25. The van der Waals surface area contributed by atoms with Crippen molar-refractivity contribution in [3.05, 3.63) is 36.2 Å². The van der Waals surface area contributed by atoms with Gasteiger partial charge in [-0.05, 0) is 25.0 Å². The Morgan fingerprint density at radius 3 is 2.84 bits per heavy atom. The molecule has 7 nitrogen and oxygen atoms in total. The van der Waals surface area contributed by atoms with Gasteiger partial charge in [-0.25, -0.2) is 4.79 Å². The molecular formula is C18H20N4O3. The summed E-state index contributed by atoms with van der Waals surface area (Å²) in [5.74, 6) is -0.0409. The van der Waals surface area contributed by atoms with Crippen LogP contribution in [0.1, 0.15) is 29.6 Å². The van der Waals surface area contributed by atoms with Crippen LogP contribution in [0.5, 0.6) is 0 Å². The van der Waals surface area contributed by atoms with Crippen LogP contribution in [0.25, 0.3) is 11.0 Å². The first-order valence-electron chi connectivity index (χ1n) is 8.51. The first-order valence-corrected chi connectivity index (χ1v) is 8.51. The Kier molecular flexibility index (Phi) is 3.78. The molecule has 4 rings (SSSR count). The maximum Gasteiger partial charge on any atom is 0.410 e. The summed E-state index contributed by atoms with van der Waals surface area (Å²) in [4.78, 5) is 36.8. The van der Waals surface area contributed by atoms with Crippen LogP contribution in [0.15, 0.2) is 30.6 Å². The lowest BCUT2D eigenvalue weighted by Crippen LogP contribution is -2.37. The number of ether oxygens (including phenoxy) is 1. The molecule has 25 heavy (non-hydrogen) atoms. The predicted octanol–water partition coefficient (Wildman–Crippen LogP) is 2.08. The molecule has 0 N–H and O–H groups in total. The molecule has 130 valence electrons. The highest BCUT2D eigenvalue weighted by molar-refractivity contribution is 6.04. The summed E-state index contributed by atoms with van der Waals surface area (Å²) in [6.07, 6.45) is 5.20. The first kappa shape index (κ1) is 15.8. The molecule has 2 aliphatic heterocycles. The topological polar surface area (TPSA) is 75.6 Å². The van der Waals surface area contributed by atoms with Gasteiger partial charge in [0.15, 0.2) is 0 Å². The molecular weight excluding hydrogens is 320 g/mol. The molecule has 2 aliphatic rings. The van der Waals surface area contributed by atoms with Crippen LogP contribution < -0.4 is 0 Å². The number of likely N-dealkylation sites (tertiary alicyclic amines) is 1. The molecule has 2 saturated heterocycles. The molecule has 1 atom stereocenters. The molecule has 2 fully saturated rings. The van der Waals surface area contributed by atoms with Gasteiger partial charge in [0.1, 0.15) is 11.1 Å². The summed E-state index contributed by atoms with van der Waals surface area (Å²) < 4.78 is 5.61. The number of amides is 2. The van der Waals surface area contributed by atoms with Gasteiger partial charge in [0.05, 0.1) is 17.6 Å². The highest BCUT2D eigenvalue weighted by Gasteiger charge is 2.44. The van der Waals surface area contributed by atoms with Gasteiger partial charge in [0, 0.05) is 39.0 Å². The SMILES string of the molecule is CN1C[C@]2(CCCN(C(=O)c3cccc4nccnc34)CC2)OC1=O. The minimum Gasteiger partial charge on any atom is -0.441 e. The summed E-state index contributed by atoms with van der Waals surface area (Å²) in [6, 6.07) is 5.48. The van der Waals surface area contributed by atoms with Gasteiger partial charge in [-0.15, -0.1) is 0 Å². The smallest absolute Gasteiger partial charge is 0.410 e. The average molecular weight is 340 g/mol. The Labute approximate surface area is 145 Å². The van der Waals surface area contributed by atoms with Gasteiger partial charge in [-0.1, -0.05) is 6.07 Å². The molecule has 3 heterocycles. The predicted molar refractivity (Wildman–Crippen MR) is 91.1 cm³/mol. The van der Waals surface area contributed by atoms with Crippen LogP contribution >= 0.6 is 0 Å². The number of hydrogen-bond donors (Lipinski definition) is 0. The normalized spacial score (nSPS) is 23.8. The van der Waals surface area contributed by atoms with E-state index in [0.717, 1.165) is 12.8 Å². The quantitative estimate of drug-likeness (QED) is 0.794. The number of rotatable bonds is 1. The zero-order chi connectivity index (χ0) is 17.4. The fourth-order valence-electron chi connectivity index (χ4n) is 3.76. The Balaban J connectivity index is 1.56. The second-order valence-corrected chi connectivity index (χ2v) is 6.78. The summed E-state index contributed by atoms with van der Waals surface area (Å²) in [7, 11) is 1.75. The van der Waals surface area contributed by atoms with Gasteiger partial charge < -0.3 is 14.5 Å². The van der Waals surface area contributed by atoms with E-state index in [1.165, 1.54) is 0 Å². The first-order chi connectivity index (χ1) is 12.1. The van der Waals surface area contributed by atoms with Gasteiger partial charge >= 0.3 is 6.09 Å². The zero-order valence-corrected chi connectivity index (χ0v) is 14.1. The lowest BCUT2D eigenvalue weighted by atomic mass is 9.95. The molecule has 0 aliphatic carbocycles. The summed E-state index contributed by atoms with van der Waals surface area (Å²) in [5, 5.41) is 0. The van der Waals surface area contributed by atoms with Gasteiger partial charge in [0.2, 0.25) is 0 Å². The fourth-order valence-corrected chi connectivity index (χ4v) is 3.76. The number of hydrogen-bond acceptors (Lipinski definition) is 5. The largest absolute Gasteiger partial charge is 0.441 e. The lowest BCUT2D eigenvalue weighted by molar-refractivity contribution is 0.0439. The van der Waals surface area contributed by atoms with Crippen molar-refractivity contribution in [3.63, 3.8) is 0 Å². The van der Waals surface area contributed by atoms with Gasteiger partial charge in [-0.3, -0.25) is 14.8 Å². The molecule has 2 amide bonds. The van der Waals surface area contributed by atoms with Crippen LogP contribution in [0.4, 0.5) is 4.79 Å². The number of carbonyl (C=O) groups is 2. The minimum atomic E-state index is -0.459. The third-order valence-corrected chi connectivity index (χ3v) is 5.05. The van der Waals surface area contributed by atoms with E-state index in [1.807, 2.05) is 17.0 Å². The maximum atomic E-state index is 13.0.